The van der Waals surface area contributed by atoms with Gasteiger partial charge in [0.15, 0.2) is 0 Å². The fourth-order valence-corrected chi connectivity index (χ4v) is 3.81. The molecule has 0 spiro atoms. The molecule has 9 heteroatoms. The summed E-state index contributed by atoms with van der Waals surface area (Å²) in [6.45, 7) is 3.51. The lowest BCUT2D eigenvalue weighted by Gasteiger charge is -2.09. The van der Waals surface area contributed by atoms with Gasteiger partial charge >= 0.3 is 0 Å². The van der Waals surface area contributed by atoms with Gasteiger partial charge in [-0.2, -0.15) is 0 Å². The molecule has 0 fully saturated rings. The molecular weight excluding hydrogens is 376 g/mol. The Kier molecular flexibility index (Phi) is 5.08. The number of aromatic nitrogens is 2. The molecular formula is C17H15ClN4O3S. The van der Waals surface area contributed by atoms with E-state index in [-0.39, 0.29) is 28.0 Å². The van der Waals surface area contributed by atoms with Gasteiger partial charge in [-0.05, 0) is 30.3 Å². The van der Waals surface area contributed by atoms with Crippen LogP contribution in [0.25, 0.3) is 11.0 Å². The highest BCUT2D eigenvalue weighted by atomic mass is 35.5. The summed E-state index contributed by atoms with van der Waals surface area (Å²) in [6.07, 6.45) is 1.41. The number of amides is 1. The van der Waals surface area contributed by atoms with Crippen molar-refractivity contribution in [3.05, 3.63) is 65.7 Å². The zero-order chi connectivity index (χ0) is 18.7. The Bertz CT molecular complexity index is 1060. The Hall–Kier alpha value is -2.68. The van der Waals surface area contributed by atoms with E-state index < -0.39 is 15.9 Å². The number of nitrogens with zero attached hydrogens (tertiary/aromatic N) is 1. The summed E-state index contributed by atoms with van der Waals surface area (Å²) in [7, 11) is -3.86. The first-order valence-electron chi connectivity index (χ1n) is 7.57. The van der Waals surface area contributed by atoms with Gasteiger partial charge in [-0.25, -0.2) is 18.1 Å². The van der Waals surface area contributed by atoms with Crippen LogP contribution in [-0.2, 0) is 10.0 Å². The van der Waals surface area contributed by atoms with E-state index in [4.69, 9.17) is 11.6 Å². The standard InChI is InChI=1S/C17H15ClN4O3S/c1-2-9-19-26(24,25)15-10-11(7-8-12(15)18)16(23)22-17-20-13-5-3-4-6-14(13)21-17/h2-8,10,19H,1,9H2,(H2,20,21,22,23). The molecule has 3 aromatic rings. The molecule has 0 saturated carbocycles. The summed E-state index contributed by atoms with van der Waals surface area (Å²) < 4.78 is 26.9. The highest BCUT2D eigenvalue weighted by molar-refractivity contribution is 7.89. The first-order valence-corrected chi connectivity index (χ1v) is 9.43. The molecule has 0 bridgehead atoms. The number of aromatic amines is 1. The highest BCUT2D eigenvalue weighted by Crippen LogP contribution is 2.23. The van der Waals surface area contributed by atoms with Gasteiger partial charge in [0.05, 0.1) is 16.1 Å². The second-order valence-electron chi connectivity index (χ2n) is 5.34. The van der Waals surface area contributed by atoms with Crippen molar-refractivity contribution in [3.8, 4) is 0 Å². The lowest BCUT2D eigenvalue weighted by atomic mass is 10.2. The Morgan fingerprint density at radius 1 is 1.27 bits per heavy atom. The maximum atomic E-state index is 12.4. The number of imidazole rings is 1. The van der Waals surface area contributed by atoms with Gasteiger partial charge in [-0.3, -0.25) is 10.1 Å². The number of para-hydroxylation sites is 2. The summed E-state index contributed by atoms with van der Waals surface area (Å²) in [4.78, 5) is 19.5. The Labute approximate surface area is 155 Å². The average Bonchev–Trinajstić information content (AvgIpc) is 3.02. The SMILES string of the molecule is C=CCNS(=O)(=O)c1cc(C(=O)Nc2nc3ccccc3[nH]2)ccc1Cl. The van der Waals surface area contributed by atoms with Gasteiger partial charge in [0.1, 0.15) is 4.90 Å². The summed E-state index contributed by atoms with van der Waals surface area (Å²) in [5.74, 6) is -0.249. The third-order valence-corrected chi connectivity index (χ3v) is 5.43. The van der Waals surface area contributed by atoms with Crippen LogP contribution in [0.1, 0.15) is 10.4 Å². The predicted molar refractivity (Wildman–Crippen MR) is 101 cm³/mol. The van der Waals surface area contributed by atoms with Crippen LogP contribution in [0.5, 0.6) is 0 Å². The number of carbonyl (C=O) groups excluding carboxylic acids is 1. The highest BCUT2D eigenvalue weighted by Gasteiger charge is 2.20. The van der Waals surface area contributed by atoms with Crippen molar-refractivity contribution in [1.29, 1.82) is 0 Å². The van der Waals surface area contributed by atoms with Crippen LogP contribution in [0.15, 0.2) is 60.0 Å². The van der Waals surface area contributed by atoms with Crippen LogP contribution in [-0.4, -0.2) is 30.8 Å². The zero-order valence-electron chi connectivity index (χ0n) is 13.5. The maximum absolute atomic E-state index is 12.4. The molecule has 0 unspecified atom stereocenters. The summed E-state index contributed by atoms with van der Waals surface area (Å²) >= 11 is 5.98. The van der Waals surface area contributed by atoms with E-state index in [2.05, 4.69) is 26.6 Å². The Morgan fingerprint density at radius 2 is 2.04 bits per heavy atom. The molecule has 1 heterocycles. The van der Waals surface area contributed by atoms with Crippen LogP contribution >= 0.6 is 11.6 Å². The van der Waals surface area contributed by atoms with Gasteiger partial charge in [0, 0.05) is 12.1 Å². The number of carbonyl (C=O) groups is 1. The normalized spacial score (nSPS) is 11.4. The van der Waals surface area contributed by atoms with Gasteiger partial charge in [0.2, 0.25) is 16.0 Å². The second kappa shape index (κ2) is 7.28. The monoisotopic (exact) mass is 390 g/mol. The molecule has 2 aromatic carbocycles. The van der Waals surface area contributed by atoms with Gasteiger partial charge in [-0.1, -0.05) is 29.8 Å². The molecule has 0 aliphatic rings. The van der Waals surface area contributed by atoms with Gasteiger partial charge in [0.25, 0.3) is 5.91 Å². The molecule has 0 radical (unpaired) electrons. The van der Waals surface area contributed by atoms with Gasteiger partial charge < -0.3 is 4.98 Å². The molecule has 26 heavy (non-hydrogen) atoms. The lowest BCUT2D eigenvalue weighted by molar-refractivity contribution is 0.102. The number of anilines is 1. The molecule has 3 rings (SSSR count). The number of H-pyrrole nitrogens is 1. The van der Waals surface area contributed by atoms with Crippen LogP contribution in [0.4, 0.5) is 5.95 Å². The quantitative estimate of drug-likeness (QED) is 0.563. The summed E-state index contributed by atoms with van der Waals surface area (Å²) in [5.41, 5.74) is 1.61. The van der Waals surface area contributed by atoms with E-state index >= 15 is 0 Å². The minimum absolute atomic E-state index is 0.0156. The maximum Gasteiger partial charge on any atom is 0.258 e. The molecule has 0 saturated heterocycles. The second-order valence-corrected chi connectivity index (χ2v) is 7.49. The zero-order valence-corrected chi connectivity index (χ0v) is 15.1. The number of sulfonamides is 1. The number of nitrogens with one attached hydrogen (secondary N) is 3. The van der Waals surface area contributed by atoms with Crippen LogP contribution in [0.2, 0.25) is 5.02 Å². The first kappa shape index (κ1) is 18.1. The van der Waals surface area contributed by atoms with Crippen molar-refractivity contribution in [1.82, 2.24) is 14.7 Å². The van der Waals surface area contributed by atoms with E-state index in [1.807, 2.05) is 18.2 Å². The number of benzene rings is 2. The van der Waals surface area contributed by atoms with E-state index in [1.54, 1.807) is 6.07 Å². The fourth-order valence-electron chi connectivity index (χ4n) is 2.29. The lowest BCUT2D eigenvalue weighted by Crippen LogP contribution is -2.24. The third-order valence-electron chi connectivity index (χ3n) is 3.52. The predicted octanol–water partition coefficient (Wildman–Crippen LogP) is 2.93. The van der Waals surface area contributed by atoms with Crippen molar-refractivity contribution >= 4 is 44.5 Å². The molecule has 3 N–H and O–H groups in total. The van der Waals surface area contributed by atoms with Crippen molar-refractivity contribution in [2.24, 2.45) is 0 Å². The van der Waals surface area contributed by atoms with E-state index in [9.17, 15) is 13.2 Å². The number of halogens is 1. The largest absolute Gasteiger partial charge is 0.324 e. The molecule has 0 aliphatic heterocycles. The molecule has 1 amide bonds. The van der Waals surface area contributed by atoms with Crippen molar-refractivity contribution < 1.29 is 13.2 Å². The van der Waals surface area contributed by atoms with Crippen LogP contribution < -0.4 is 10.0 Å². The molecule has 0 aliphatic carbocycles. The molecule has 134 valence electrons. The molecule has 1 aromatic heterocycles. The fraction of sp³-hybridized carbons (Fsp3) is 0.0588. The number of hydrogen-bond acceptors (Lipinski definition) is 4. The van der Waals surface area contributed by atoms with E-state index in [0.717, 1.165) is 5.52 Å². The molecule has 7 nitrogen and oxygen atoms in total. The average molecular weight is 391 g/mol. The van der Waals surface area contributed by atoms with Crippen LogP contribution in [0.3, 0.4) is 0 Å². The molecule has 0 atom stereocenters. The van der Waals surface area contributed by atoms with Crippen molar-refractivity contribution in [2.45, 2.75) is 4.90 Å². The van der Waals surface area contributed by atoms with Gasteiger partial charge in [-0.15, -0.1) is 6.58 Å². The van der Waals surface area contributed by atoms with E-state index in [1.165, 1.54) is 24.3 Å². The van der Waals surface area contributed by atoms with Crippen molar-refractivity contribution in [3.63, 3.8) is 0 Å². The summed E-state index contributed by atoms with van der Waals surface area (Å²) in [5, 5.41) is 2.62. The third kappa shape index (κ3) is 3.77. The Balaban J connectivity index is 1.87. The smallest absolute Gasteiger partial charge is 0.258 e. The summed E-state index contributed by atoms with van der Waals surface area (Å²) in [6, 6.07) is 11.3. The van der Waals surface area contributed by atoms with Crippen molar-refractivity contribution in [2.75, 3.05) is 11.9 Å². The number of rotatable bonds is 6. The minimum atomic E-state index is -3.86. The van der Waals surface area contributed by atoms with Crippen LogP contribution in [0, 0.1) is 0 Å². The topological polar surface area (TPSA) is 104 Å². The van der Waals surface area contributed by atoms with E-state index in [0.29, 0.717) is 5.52 Å². The minimum Gasteiger partial charge on any atom is -0.324 e. The number of fused-ring (bicyclic) bond motifs is 1. The number of hydrogen-bond donors (Lipinski definition) is 3. The Morgan fingerprint density at radius 3 is 2.77 bits per heavy atom. The first-order chi connectivity index (χ1) is 12.4.